The van der Waals surface area contributed by atoms with Crippen LogP contribution in [0.3, 0.4) is 0 Å². The molecule has 2 saturated carbocycles. The first-order valence-electron chi connectivity index (χ1n) is 9.95. The third-order valence-corrected chi connectivity index (χ3v) is 6.45. The van der Waals surface area contributed by atoms with Crippen LogP contribution >= 0.6 is 0 Å². The molecule has 5 nitrogen and oxygen atoms in total. The highest BCUT2D eigenvalue weighted by Gasteiger charge is 2.49. The van der Waals surface area contributed by atoms with E-state index in [0.717, 1.165) is 42.9 Å². The van der Waals surface area contributed by atoms with E-state index in [4.69, 9.17) is 9.26 Å². The van der Waals surface area contributed by atoms with E-state index in [9.17, 15) is 4.79 Å². The number of rotatable bonds is 7. The molecule has 2 aliphatic rings. The van der Waals surface area contributed by atoms with Gasteiger partial charge in [0.05, 0.1) is 5.69 Å². The molecular weight excluding hydrogens is 340 g/mol. The summed E-state index contributed by atoms with van der Waals surface area (Å²) < 4.78 is 11.1. The highest BCUT2D eigenvalue weighted by molar-refractivity contribution is 5.79. The average molecular weight is 368 g/mol. The Morgan fingerprint density at radius 1 is 1.30 bits per heavy atom. The van der Waals surface area contributed by atoms with Gasteiger partial charge in [0.2, 0.25) is 5.91 Å². The second-order valence-corrected chi connectivity index (χ2v) is 8.53. The lowest BCUT2D eigenvalue weighted by atomic mass is 9.57. The number of nitrogens with one attached hydrogen (secondary N) is 1. The maximum absolute atomic E-state index is 12.2. The van der Waals surface area contributed by atoms with E-state index < -0.39 is 0 Å². The summed E-state index contributed by atoms with van der Waals surface area (Å²) >= 11 is 0. The number of benzene rings is 1. The van der Waals surface area contributed by atoms with Gasteiger partial charge in [-0.25, -0.2) is 0 Å². The predicted octanol–water partition coefficient (Wildman–Crippen LogP) is 4.13. The quantitative estimate of drug-likeness (QED) is 0.798. The van der Waals surface area contributed by atoms with Gasteiger partial charge in [-0.2, -0.15) is 0 Å². The number of hydrogen-bond donors (Lipinski definition) is 1. The fourth-order valence-corrected chi connectivity index (χ4v) is 4.01. The molecule has 2 unspecified atom stereocenters. The molecule has 1 heterocycles. The molecular formula is C22H28N2O3. The zero-order valence-electron chi connectivity index (χ0n) is 16.1. The maximum Gasteiger partial charge on any atom is 0.223 e. The average Bonchev–Trinajstić information content (AvgIpc) is 3.06. The summed E-state index contributed by atoms with van der Waals surface area (Å²) in [6.07, 6.45) is 5.17. The second kappa shape index (κ2) is 7.37. The van der Waals surface area contributed by atoms with Crippen LogP contribution in [0.4, 0.5) is 0 Å². The SMILES string of the molecule is CC1(C)C(Cc2cc(COc3ccccc3)on2)CC1NC(=O)C1CCC1. The minimum absolute atomic E-state index is 0.0824. The summed E-state index contributed by atoms with van der Waals surface area (Å²) in [6.45, 7) is 4.87. The van der Waals surface area contributed by atoms with Crippen LogP contribution < -0.4 is 10.1 Å². The highest BCUT2D eigenvalue weighted by atomic mass is 16.5. The van der Waals surface area contributed by atoms with Crippen molar-refractivity contribution in [1.29, 1.82) is 0 Å². The fraction of sp³-hybridized carbons (Fsp3) is 0.545. The molecule has 2 aromatic rings. The molecule has 4 rings (SSSR count). The first-order valence-corrected chi connectivity index (χ1v) is 9.95. The molecule has 0 saturated heterocycles. The van der Waals surface area contributed by atoms with Gasteiger partial charge in [-0.1, -0.05) is 43.6 Å². The molecule has 2 atom stereocenters. The van der Waals surface area contributed by atoms with Gasteiger partial charge in [0, 0.05) is 18.0 Å². The normalized spacial score (nSPS) is 23.9. The van der Waals surface area contributed by atoms with Crippen molar-refractivity contribution in [1.82, 2.24) is 10.5 Å². The molecule has 0 radical (unpaired) electrons. The predicted molar refractivity (Wildman–Crippen MR) is 102 cm³/mol. The van der Waals surface area contributed by atoms with Crippen molar-refractivity contribution in [3.8, 4) is 5.75 Å². The van der Waals surface area contributed by atoms with Crippen molar-refractivity contribution >= 4 is 5.91 Å². The van der Waals surface area contributed by atoms with Crippen LogP contribution in [0.25, 0.3) is 0 Å². The number of carbonyl (C=O) groups is 1. The fourth-order valence-electron chi connectivity index (χ4n) is 4.01. The van der Waals surface area contributed by atoms with Crippen LogP contribution in [0.1, 0.15) is 51.0 Å². The molecule has 1 aromatic carbocycles. The lowest BCUT2D eigenvalue weighted by Crippen LogP contribution is -2.59. The van der Waals surface area contributed by atoms with Gasteiger partial charge < -0.3 is 14.6 Å². The zero-order valence-corrected chi connectivity index (χ0v) is 16.1. The summed E-state index contributed by atoms with van der Waals surface area (Å²) in [5, 5.41) is 7.48. The van der Waals surface area contributed by atoms with Crippen molar-refractivity contribution in [3.63, 3.8) is 0 Å². The van der Waals surface area contributed by atoms with Gasteiger partial charge in [-0.15, -0.1) is 0 Å². The molecule has 0 aliphatic heterocycles. The van der Waals surface area contributed by atoms with Crippen LogP contribution in [-0.4, -0.2) is 17.1 Å². The van der Waals surface area contributed by atoms with E-state index in [1.54, 1.807) is 0 Å². The van der Waals surface area contributed by atoms with Crippen molar-refractivity contribution in [3.05, 3.63) is 47.9 Å². The molecule has 5 heteroatoms. The molecule has 0 bridgehead atoms. The summed E-state index contributed by atoms with van der Waals surface area (Å²) in [5.74, 6) is 2.56. The van der Waals surface area contributed by atoms with Gasteiger partial charge >= 0.3 is 0 Å². The van der Waals surface area contributed by atoms with Gasteiger partial charge in [0.25, 0.3) is 0 Å². The van der Waals surface area contributed by atoms with E-state index >= 15 is 0 Å². The van der Waals surface area contributed by atoms with Crippen LogP contribution in [0.5, 0.6) is 5.75 Å². The topological polar surface area (TPSA) is 64.4 Å². The largest absolute Gasteiger partial charge is 0.486 e. The van der Waals surface area contributed by atoms with Gasteiger partial charge in [-0.05, 0) is 49.1 Å². The van der Waals surface area contributed by atoms with Crippen molar-refractivity contribution < 1.29 is 14.1 Å². The third kappa shape index (κ3) is 3.87. The first-order chi connectivity index (χ1) is 13.0. The number of carbonyl (C=O) groups excluding carboxylic acids is 1. The van der Waals surface area contributed by atoms with Gasteiger partial charge in [0.1, 0.15) is 12.4 Å². The molecule has 1 amide bonds. The molecule has 27 heavy (non-hydrogen) atoms. The Bertz CT molecular complexity index is 780. The Morgan fingerprint density at radius 2 is 2.07 bits per heavy atom. The Labute approximate surface area is 160 Å². The number of hydrogen-bond acceptors (Lipinski definition) is 4. The molecule has 144 valence electrons. The van der Waals surface area contributed by atoms with Crippen molar-refractivity contribution in [2.45, 2.75) is 58.6 Å². The number of amides is 1. The first kappa shape index (κ1) is 18.1. The molecule has 2 aliphatic carbocycles. The Hall–Kier alpha value is -2.30. The van der Waals surface area contributed by atoms with Crippen LogP contribution in [-0.2, 0) is 17.8 Å². The number of nitrogens with zero attached hydrogens (tertiary/aromatic N) is 1. The second-order valence-electron chi connectivity index (χ2n) is 8.53. The minimum atomic E-state index is 0.0824. The van der Waals surface area contributed by atoms with Crippen LogP contribution in [0, 0.1) is 17.3 Å². The Morgan fingerprint density at radius 3 is 2.74 bits per heavy atom. The van der Waals surface area contributed by atoms with E-state index in [1.807, 2.05) is 36.4 Å². The number of aromatic nitrogens is 1. The zero-order chi connectivity index (χ0) is 18.9. The maximum atomic E-state index is 12.2. The van der Waals surface area contributed by atoms with Crippen LogP contribution in [0.15, 0.2) is 40.9 Å². The summed E-state index contributed by atoms with van der Waals surface area (Å²) in [5.41, 5.74) is 1.04. The van der Waals surface area contributed by atoms with Crippen LogP contribution in [0.2, 0.25) is 0 Å². The van der Waals surface area contributed by atoms with E-state index in [-0.39, 0.29) is 23.3 Å². The number of ether oxygens (including phenoxy) is 1. The molecule has 2 fully saturated rings. The lowest BCUT2D eigenvalue weighted by molar-refractivity contribution is -0.132. The highest BCUT2D eigenvalue weighted by Crippen LogP contribution is 2.48. The Balaban J connectivity index is 1.27. The smallest absolute Gasteiger partial charge is 0.223 e. The third-order valence-electron chi connectivity index (χ3n) is 6.45. The summed E-state index contributed by atoms with van der Waals surface area (Å²) in [4.78, 5) is 12.2. The monoisotopic (exact) mass is 368 g/mol. The van der Waals surface area contributed by atoms with E-state index in [1.165, 1.54) is 6.42 Å². The Kier molecular flexibility index (Phi) is 4.94. The summed E-state index contributed by atoms with van der Waals surface area (Å²) in [7, 11) is 0. The van der Waals surface area contributed by atoms with E-state index in [0.29, 0.717) is 12.5 Å². The van der Waals surface area contributed by atoms with Gasteiger partial charge in [0.15, 0.2) is 5.76 Å². The summed E-state index contributed by atoms with van der Waals surface area (Å²) in [6, 6.07) is 11.9. The molecule has 1 aromatic heterocycles. The molecule has 0 spiro atoms. The lowest BCUT2D eigenvalue weighted by Gasteiger charge is -2.52. The minimum Gasteiger partial charge on any atom is -0.486 e. The number of para-hydroxylation sites is 1. The van der Waals surface area contributed by atoms with Gasteiger partial charge in [-0.3, -0.25) is 4.79 Å². The van der Waals surface area contributed by atoms with Crippen molar-refractivity contribution in [2.75, 3.05) is 0 Å². The van der Waals surface area contributed by atoms with E-state index in [2.05, 4.69) is 24.3 Å². The molecule has 1 N–H and O–H groups in total. The standard InChI is InChI=1S/C22H28N2O3/c1-22(2)16(12-20(22)23-21(25)15-7-6-8-15)11-17-13-19(27-24-17)14-26-18-9-4-3-5-10-18/h3-5,9-10,13,15-16,20H,6-8,11-12,14H2,1-2H3,(H,23,25). The van der Waals surface area contributed by atoms with Crippen molar-refractivity contribution in [2.24, 2.45) is 17.3 Å².